The lowest BCUT2D eigenvalue weighted by Crippen LogP contribution is -1.79. The van der Waals surface area contributed by atoms with Crippen LogP contribution in [0.4, 0.5) is 0 Å². The maximum Gasteiger partial charge on any atom is 0.00103 e. The van der Waals surface area contributed by atoms with E-state index in [-0.39, 0.29) is 0 Å². The smallest absolute Gasteiger partial charge is 0.00103 e. The van der Waals surface area contributed by atoms with Crippen LogP contribution in [-0.2, 0) is 0 Å². The number of unbranched alkanes of at least 4 members (excludes halogenated alkanes) is 8. The molecular weight excluding hydrogens is 188 g/mol. The summed E-state index contributed by atoms with van der Waals surface area (Å²) in [6.07, 6.45) is 16.5. The zero-order valence-electron chi connectivity index (χ0n) is 9.50. The summed E-state index contributed by atoms with van der Waals surface area (Å²) >= 11 is 4.70. The van der Waals surface area contributed by atoms with Crippen molar-refractivity contribution in [2.45, 2.75) is 64.7 Å². The van der Waals surface area contributed by atoms with Gasteiger partial charge >= 0.3 is 0 Å². The van der Waals surface area contributed by atoms with Crippen LogP contribution in [0.2, 0.25) is 0 Å². The van der Waals surface area contributed by atoms with E-state index in [1.54, 1.807) is 5.37 Å². The second-order valence-electron chi connectivity index (χ2n) is 3.83. The van der Waals surface area contributed by atoms with E-state index in [1.165, 1.54) is 57.8 Å². The lowest BCUT2D eigenvalue weighted by Gasteiger charge is -1.99. The number of rotatable bonds is 10. The standard InChI is InChI=1S/C13H24S/c1-2-3-4-5-6-7-8-9-10-11-12-13-14/h11-13H,2-10H2,1H3. The van der Waals surface area contributed by atoms with Gasteiger partial charge < -0.3 is 0 Å². The van der Waals surface area contributed by atoms with E-state index in [9.17, 15) is 0 Å². The van der Waals surface area contributed by atoms with Crippen LogP contribution in [0.3, 0.4) is 0 Å². The van der Waals surface area contributed by atoms with E-state index in [0.29, 0.717) is 0 Å². The molecule has 0 bridgehead atoms. The van der Waals surface area contributed by atoms with Crippen molar-refractivity contribution >= 4 is 17.6 Å². The Morgan fingerprint density at radius 3 is 2.00 bits per heavy atom. The van der Waals surface area contributed by atoms with Crippen molar-refractivity contribution in [3.63, 3.8) is 0 Å². The molecule has 0 spiro atoms. The second-order valence-corrected chi connectivity index (χ2v) is 4.10. The lowest BCUT2D eigenvalue weighted by atomic mass is 10.1. The predicted molar refractivity (Wildman–Crippen MR) is 70.0 cm³/mol. The second kappa shape index (κ2) is 12.8. The van der Waals surface area contributed by atoms with Crippen LogP contribution in [0.15, 0.2) is 12.2 Å². The van der Waals surface area contributed by atoms with E-state index in [2.05, 4.69) is 13.0 Å². The summed E-state index contributed by atoms with van der Waals surface area (Å²) < 4.78 is 0. The topological polar surface area (TPSA) is 0 Å². The van der Waals surface area contributed by atoms with Gasteiger partial charge in [-0.1, -0.05) is 76.2 Å². The zero-order chi connectivity index (χ0) is 10.5. The van der Waals surface area contributed by atoms with E-state index < -0.39 is 0 Å². The molecule has 0 aliphatic carbocycles. The third kappa shape index (κ3) is 11.8. The molecule has 0 saturated heterocycles. The third-order valence-corrected chi connectivity index (χ3v) is 2.60. The van der Waals surface area contributed by atoms with Crippen molar-refractivity contribution < 1.29 is 0 Å². The summed E-state index contributed by atoms with van der Waals surface area (Å²) in [5.41, 5.74) is 0. The molecule has 0 fully saturated rings. The number of allylic oxidation sites excluding steroid dienone is 2. The zero-order valence-corrected chi connectivity index (χ0v) is 10.3. The Kier molecular flexibility index (Phi) is 12.7. The summed E-state index contributed by atoms with van der Waals surface area (Å²) in [4.78, 5) is 0. The van der Waals surface area contributed by atoms with Gasteiger partial charge in [0.05, 0.1) is 0 Å². The quantitative estimate of drug-likeness (QED) is 0.277. The fourth-order valence-corrected chi connectivity index (χ4v) is 1.66. The molecule has 0 aromatic carbocycles. The molecular formula is C13H24S. The van der Waals surface area contributed by atoms with Crippen molar-refractivity contribution in [1.29, 1.82) is 0 Å². The molecule has 1 heteroatoms. The van der Waals surface area contributed by atoms with Gasteiger partial charge in [-0.25, -0.2) is 0 Å². The summed E-state index contributed by atoms with van der Waals surface area (Å²) in [5, 5.41) is 1.69. The van der Waals surface area contributed by atoms with Crippen molar-refractivity contribution in [3.05, 3.63) is 12.2 Å². The Bertz CT molecular complexity index is 138. The van der Waals surface area contributed by atoms with E-state index in [4.69, 9.17) is 12.2 Å². The molecule has 0 heterocycles. The van der Waals surface area contributed by atoms with Crippen molar-refractivity contribution in [2.24, 2.45) is 0 Å². The fourth-order valence-electron chi connectivity index (χ4n) is 1.55. The van der Waals surface area contributed by atoms with Gasteiger partial charge in [0.15, 0.2) is 0 Å². The average Bonchev–Trinajstić information content (AvgIpc) is 2.21. The highest BCUT2D eigenvalue weighted by Crippen LogP contribution is 2.09. The van der Waals surface area contributed by atoms with Crippen LogP contribution in [0.5, 0.6) is 0 Å². The van der Waals surface area contributed by atoms with Crippen LogP contribution in [0.25, 0.3) is 0 Å². The minimum Gasteiger partial charge on any atom is -0.0887 e. The Labute approximate surface area is 94.8 Å². The lowest BCUT2D eigenvalue weighted by molar-refractivity contribution is 0.577. The summed E-state index contributed by atoms with van der Waals surface area (Å²) in [7, 11) is 0. The van der Waals surface area contributed by atoms with Gasteiger partial charge in [-0.05, 0) is 12.8 Å². The molecule has 0 saturated carbocycles. The first-order valence-corrected chi connectivity index (χ1v) is 6.49. The Morgan fingerprint density at radius 1 is 0.857 bits per heavy atom. The first-order chi connectivity index (χ1) is 6.91. The van der Waals surface area contributed by atoms with Gasteiger partial charge in [0.2, 0.25) is 0 Å². The summed E-state index contributed by atoms with van der Waals surface area (Å²) in [6.45, 7) is 2.27. The molecule has 0 atom stereocenters. The van der Waals surface area contributed by atoms with Crippen LogP contribution in [0.1, 0.15) is 64.7 Å². The summed E-state index contributed by atoms with van der Waals surface area (Å²) in [5.74, 6) is 0. The van der Waals surface area contributed by atoms with Crippen LogP contribution >= 0.6 is 12.2 Å². The average molecular weight is 212 g/mol. The molecule has 82 valence electrons. The van der Waals surface area contributed by atoms with Gasteiger partial charge in [0, 0.05) is 5.37 Å². The molecule has 0 aliphatic heterocycles. The highest BCUT2D eigenvalue weighted by molar-refractivity contribution is 7.79. The molecule has 0 N–H and O–H groups in total. The molecule has 0 amide bonds. The highest BCUT2D eigenvalue weighted by Gasteiger charge is 1.89. The van der Waals surface area contributed by atoms with Crippen LogP contribution < -0.4 is 0 Å². The summed E-state index contributed by atoms with van der Waals surface area (Å²) in [6, 6.07) is 0. The molecule has 0 aromatic heterocycles. The van der Waals surface area contributed by atoms with E-state index >= 15 is 0 Å². The predicted octanol–water partition coefficient (Wildman–Crippen LogP) is 5.07. The first kappa shape index (κ1) is 13.8. The van der Waals surface area contributed by atoms with Gasteiger partial charge in [0.1, 0.15) is 0 Å². The third-order valence-electron chi connectivity index (χ3n) is 2.44. The molecule has 0 aliphatic rings. The Morgan fingerprint density at radius 2 is 1.43 bits per heavy atom. The molecule has 0 rings (SSSR count). The maximum atomic E-state index is 4.70. The molecule has 0 aromatic rings. The minimum atomic E-state index is 1.20. The Balaban J connectivity index is 2.91. The monoisotopic (exact) mass is 212 g/mol. The van der Waals surface area contributed by atoms with Crippen molar-refractivity contribution in [1.82, 2.24) is 0 Å². The largest absolute Gasteiger partial charge is 0.0887 e. The molecule has 0 radical (unpaired) electrons. The maximum absolute atomic E-state index is 4.70. The first-order valence-electron chi connectivity index (χ1n) is 6.02. The van der Waals surface area contributed by atoms with E-state index in [0.717, 1.165) is 0 Å². The normalized spacial score (nSPS) is 10.9. The van der Waals surface area contributed by atoms with Crippen LogP contribution in [0, 0.1) is 0 Å². The number of hydrogen-bond donors (Lipinski definition) is 0. The number of thiocarbonyl (C=S) groups is 1. The molecule has 14 heavy (non-hydrogen) atoms. The van der Waals surface area contributed by atoms with Crippen LogP contribution in [-0.4, -0.2) is 5.37 Å². The van der Waals surface area contributed by atoms with Gasteiger partial charge in [-0.15, -0.1) is 0 Å². The minimum absolute atomic E-state index is 1.20. The fraction of sp³-hybridized carbons (Fsp3) is 0.769. The Hall–Kier alpha value is -0.170. The SMILES string of the molecule is CCCCCCCCCCC=CC=S. The van der Waals surface area contributed by atoms with Crippen molar-refractivity contribution in [2.75, 3.05) is 0 Å². The van der Waals surface area contributed by atoms with Gasteiger partial charge in [-0.3, -0.25) is 0 Å². The van der Waals surface area contributed by atoms with Gasteiger partial charge in [0.25, 0.3) is 0 Å². The molecule has 0 unspecified atom stereocenters. The van der Waals surface area contributed by atoms with E-state index in [1.807, 2.05) is 6.08 Å². The molecule has 0 nitrogen and oxygen atoms in total. The number of hydrogen-bond acceptors (Lipinski definition) is 1. The highest BCUT2D eigenvalue weighted by atomic mass is 32.1. The van der Waals surface area contributed by atoms with Crippen molar-refractivity contribution in [3.8, 4) is 0 Å². The van der Waals surface area contributed by atoms with Gasteiger partial charge in [-0.2, -0.15) is 0 Å².